The number of nitrogens with one attached hydrogen (secondary N) is 1. The van der Waals surface area contributed by atoms with Crippen LogP contribution >= 0.6 is 12.2 Å². The second-order valence-electron chi connectivity index (χ2n) is 2.74. The van der Waals surface area contributed by atoms with Crippen LogP contribution in [0.3, 0.4) is 0 Å². The van der Waals surface area contributed by atoms with Crippen LogP contribution in [0.2, 0.25) is 0 Å². The third-order valence-corrected chi connectivity index (χ3v) is 1.71. The number of aromatic amines is 1. The second kappa shape index (κ2) is 2.58. The number of hydrogen-bond donors (Lipinski definition) is 1. The maximum atomic E-state index is 5.08. The summed E-state index contributed by atoms with van der Waals surface area (Å²) in [5.41, 5.74) is 1.12. The van der Waals surface area contributed by atoms with Crippen LogP contribution in [0.5, 0.6) is 0 Å². The van der Waals surface area contributed by atoms with Crippen LogP contribution in [0, 0.1) is 11.6 Å². The van der Waals surface area contributed by atoms with Gasteiger partial charge in [0, 0.05) is 11.7 Å². The summed E-state index contributed by atoms with van der Waals surface area (Å²) < 4.78 is 2.86. The molecule has 2 nitrogen and oxygen atoms in total. The van der Waals surface area contributed by atoms with Gasteiger partial charge in [-0.1, -0.05) is 12.2 Å². The van der Waals surface area contributed by atoms with Crippen molar-refractivity contribution in [3.8, 4) is 0 Å². The van der Waals surface area contributed by atoms with E-state index in [2.05, 4.69) is 18.9 Å². The molecule has 1 aromatic heterocycles. The van der Waals surface area contributed by atoms with Crippen LogP contribution in [-0.4, -0.2) is 9.78 Å². The van der Waals surface area contributed by atoms with E-state index >= 15 is 0 Å². The van der Waals surface area contributed by atoms with Gasteiger partial charge in [-0.2, -0.15) is 0 Å². The van der Waals surface area contributed by atoms with E-state index in [-0.39, 0.29) is 0 Å². The maximum absolute atomic E-state index is 5.08. The third-order valence-electron chi connectivity index (χ3n) is 1.39. The summed E-state index contributed by atoms with van der Waals surface area (Å²) in [6, 6.07) is 2.40. The van der Waals surface area contributed by atoms with E-state index in [1.165, 1.54) is 0 Å². The first kappa shape index (κ1) is 7.54. The predicted octanol–water partition coefficient (Wildman–Crippen LogP) is 2.44. The smallest absolute Gasteiger partial charge is 0.122 e. The first-order chi connectivity index (χ1) is 4.61. The van der Waals surface area contributed by atoms with Crippen molar-refractivity contribution in [3.63, 3.8) is 0 Å². The van der Waals surface area contributed by atoms with E-state index in [4.69, 9.17) is 12.2 Å². The molecule has 0 fully saturated rings. The van der Waals surface area contributed by atoms with Crippen molar-refractivity contribution >= 4 is 12.2 Å². The van der Waals surface area contributed by atoms with Gasteiger partial charge in [0.15, 0.2) is 0 Å². The molecule has 0 aliphatic heterocycles. The lowest BCUT2D eigenvalue weighted by atomic mass is 10.4. The quantitative estimate of drug-likeness (QED) is 0.619. The fourth-order valence-electron chi connectivity index (χ4n) is 0.916. The monoisotopic (exact) mass is 156 g/mol. The molecule has 0 amide bonds. The Balaban J connectivity index is 3.16. The molecule has 0 aromatic carbocycles. The Labute approximate surface area is 65.9 Å². The topological polar surface area (TPSA) is 20.7 Å². The average Bonchev–Trinajstić information content (AvgIpc) is 2.10. The molecule has 0 atom stereocenters. The van der Waals surface area contributed by atoms with Crippen molar-refractivity contribution < 1.29 is 0 Å². The normalized spacial score (nSPS) is 10.8. The Kier molecular flexibility index (Phi) is 1.94. The number of nitrogens with zero attached hydrogens (tertiary/aromatic N) is 1. The average molecular weight is 156 g/mol. The first-order valence-corrected chi connectivity index (χ1v) is 3.80. The highest BCUT2D eigenvalue weighted by Gasteiger charge is 1.98. The lowest BCUT2D eigenvalue weighted by Gasteiger charge is -2.05. The van der Waals surface area contributed by atoms with Gasteiger partial charge in [0.25, 0.3) is 0 Å². The van der Waals surface area contributed by atoms with Gasteiger partial charge in [-0.15, -0.1) is 0 Å². The van der Waals surface area contributed by atoms with Gasteiger partial charge in [-0.05, 0) is 26.8 Å². The summed E-state index contributed by atoms with van der Waals surface area (Å²) in [4.78, 5) is 0. The van der Waals surface area contributed by atoms with Crippen LogP contribution in [-0.2, 0) is 0 Å². The molecule has 0 aliphatic rings. The molecule has 3 heteroatoms. The molecule has 1 rings (SSSR count). The van der Waals surface area contributed by atoms with Gasteiger partial charge in [-0.3, -0.25) is 4.68 Å². The van der Waals surface area contributed by atoms with E-state index in [1.54, 1.807) is 0 Å². The van der Waals surface area contributed by atoms with E-state index in [0.29, 0.717) is 6.04 Å². The van der Waals surface area contributed by atoms with Crippen molar-refractivity contribution in [1.29, 1.82) is 0 Å². The zero-order valence-corrected chi connectivity index (χ0v) is 7.33. The highest BCUT2D eigenvalue weighted by atomic mass is 32.1. The van der Waals surface area contributed by atoms with Gasteiger partial charge < -0.3 is 5.10 Å². The number of aromatic nitrogens is 2. The van der Waals surface area contributed by atoms with Crippen LogP contribution in [0.25, 0.3) is 0 Å². The molecule has 0 saturated carbocycles. The molecule has 10 heavy (non-hydrogen) atoms. The largest absolute Gasteiger partial charge is 0.302 e. The number of rotatable bonds is 1. The minimum absolute atomic E-state index is 0.432. The van der Waals surface area contributed by atoms with Gasteiger partial charge in [0.1, 0.15) is 4.64 Å². The molecule has 0 unspecified atom stereocenters. The fourth-order valence-corrected chi connectivity index (χ4v) is 1.35. The van der Waals surface area contributed by atoms with E-state index in [0.717, 1.165) is 10.3 Å². The molecule has 0 aliphatic carbocycles. The Bertz CT molecular complexity index is 269. The summed E-state index contributed by atoms with van der Waals surface area (Å²) in [5, 5.41) is 3.16. The highest BCUT2D eigenvalue weighted by Crippen LogP contribution is 2.05. The lowest BCUT2D eigenvalue weighted by Crippen LogP contribution is -2.02. The van der Waals surface area contributed by atoms with Crippen LogP contribution in [0.4, 0.5) is 0 Å². The SMILES string of the molecule is Cc1cc(=S)n(C(C)C)[nH]1. The molecule has 0 radical (unpaired) electrons. The van der Waals surface area contributed by atoms with Crippen molar-refractivity contribution in [2.45, 2.75) is 26.8 Å². The molecule has 0 spiro atoms. The van der Waals surface area contributed by atoms with Crippen LogP contribution in [0.1, 0.15) is 25.6 Å². The summed E-state index contributed by atoms with van der Waals surface area (Å²) in [5.74, 6) is 0. The van der Waals surface area contributed by atoms with E-state index < -0.39 is 0 Å². The molecule has 0 bridgehead atoms. The number of H-pyrrole nitrogens is 1. The molecule has 1 N–H and O–H groups in total. The van der Waals surface area contributed by atoms with Crippen LogP contribution in [0.15, 0.2) is 6.07 Å². The minimum Gasteiger partial charge on any atom is -0.302 e. The zero-order valence-electron chi connectivity index (χ0n) is 6.51. The highest BCUT2D eigenvalue weighted by molar-refractivity contribution is 7.71. The fraction of sp³-hybridized carbons (Fsp3) is 0.571. The number of hydrogen-bond acceptors (Lipinski definition) is 1. The van der Waals surface area contributed by atoms with Crippen molar-refractivity contribution in [2.75, 3.05) is 0 Å². The predicted molar refractivity (Wildman–Crippen MR) is 44.7 cm³/mol. The maximum Gasteiger partial charge on any atom is 0.122 e. The van der Waals surface area contributed by atoms with E-state index in [9.17, 15) is 0 Å². The molecule has 56 valence electrons. The summed E-state index contributed by atoms with van der Waals surface area (Å²) in [6.45, 7) is 6.21. The Morgan fingerprint density at radius 1 is 1.60 bits per heavy atom. The molecular formula is C7H12N2S. The summed E-state index contributed by atoms with van der Waals surface area (Å²) in [6.07, 6.45) is 0. The van der Waals surface area contributed by atoms with Crippen molar-refractivity contribution in [2.24, 2.45) is 0 Å². The number of aryl methyl sites for hydroxylation is 1. The molecular weight excluding hydrogens is 144 g/mol. The summed E-state index contributed by atoms with van der Waals surface area (Å²) >= 11 is 5.08. The van der Waals surface area contributed by atoms with Gasteiger partial charge >= 0.3 is 0 Å². The molecule has 0 saturated heterocycles. The minimum atomic E-state index is 0.432. The zero-order chi connectivity index (χ0) is 7.72. The summed E-state index contributed by atoms with van der Waals surface area (Å²) in [7, 11) is 0. The second-order valence-corrected chi connectivity index (χ2v) is 3.16. The van der Waals surface area contributed by atoms with Gasteiger partial charge in [-0.25, -0.2) is 0 Å². The van der Waals surface area contributed by atoms with Gasteiger partial charge in [0.05, 0.1) is 0 Å². The van der Waals surface area contributed by atoms with Crippen molar-refractivity contribution in [3.05, 3.63) is 16.4 Å². The first-order valence-electron chi connectivity index (χ1n) is 3.39. The standard InChI is InChI=1S/C7H12N2S/c1-5(2)9-7(10)4-6(3)8-9/h4-5,8H,1-3H3. The Morgan fingerprint density at radius 2 is 2.20 bits per heavy atom. The lowest BCUT2D eigenvalue weighted by molar-refractivity contribution is 0.523. The molecule has 1 aromatic rings. The van der Waals surface area contributed by atoms with Crippen LogP contribution < -0.4 is 0 Å². The van der Waals surface area contributed by atoms with E-state index in [1.807, 2.05) is 17.7 Å². The third kappa shape index (κ3) is 1.29. The van der Waals surface area contributed by atoms with Gasteiger partial charge in [0.2, 0.25) is 0 Å². The molecule has 1 heterocycles. The Morgan fingerprint density at radius 3 is 2.40 bits per heavy atom. The van der Waals surface area contributed by atoms with Crippen molar-refractivity contribution in [1.82, 2.24) is 9.78 Å². The Hall–Kier alpha value is -0.570.